The molecule has 2 aromatic carbocycles. The van der Waals surface area contributed by atoms with E-state index in [1.54, 1.807) is 23.5 Å². The number of benzene rings is 2. The molecule has 1 aromatic heterocycles. The number of carbonyl (C=O) groups excluding carboxylic acids is 1. The van der Waals surface area contributed by atoms with Crippen molar-refractivity contribution in [3.05, 3.63) is 71.1 Å². The largest absolute Gasteiger partial charge is 0.397 e. The molecule has 116 valence electrons. The molecule has 0 saturated carbocycles. The first kappa shape index (κ1) is 15.3. The van der Waals surface area contributed by atoms with E-state index < -0.39 is 0 Å². The van der Waals surface area contributed by atoms with E-state index in [0.29, 0.717) is 23.5 Å². The maximum Gasteiger partial charge on any atom is 0.255 e. The number of nitrogens with two attached hydrogens (primary N) is 2. The first-order valence-electron chi connectivity index (χ1n) is 7.21. The summed E-state index contributed by atoms with van der Waals surface area (Å²) in [6.07, 6.45) is 0. The van der Waals surface area contributed by atoms with Crippen molar-refractivity contribution in [2.75, 3.05) is 11.1 Å². The van der Waals surface area contributed by atoms with Gasteiger partial charge in [-0.15, -0.1) is 11.3 Å². The van der Waals surface area contributed by atoms with Crippen LogP contribution in [0.3, 0.4) is 0 Å². The highest BCUT2D eigenvalue weighted by Crippen LogP contribution is 2.30. The monoisotopic (exact) mass is 323 g/mol. The minimum Gasteiger partial charge on any atom is -0.397 e. The van der Waals surface area contributed by atoms with Gasteiger partial charge in [-0.2, -0.15) is 0 Å². The molecule has 0 fully saturated rings. The second-order valence-corrected chi connectivity index (χ2v) is 6.08. The van der Waals surface area contributed by atoms with Gasteiger partial charge in [-0.1, -0.05) is 24.3 Å². The van der Waals surface area contributed by atoms with Gasteiger partial charge < -0.3 is 16.8 Å². The Labute approximate surface area is 138 Å². The molecule has 0 aliphatic heterocycles. The van der Waals surface area contributed by atoms with Crippen molar-refractivity contribution in [3.8, 4) is 10.4 Å². The molecule has 3 aromatic rings. The van der Waals surface area contributed by atoms with E-state index in [1.165, 1.54) is 0 Å². The van der Waals surface area contributed by atoms with Gasteiger partial charge in [-0.25, -0.2) is 0 Å². The topological polar surface area (TPSA) is 81.1 Å². The zero-order valence-electron chi connectivity index (χ0n) is 12.5. The second-order valence-electron chi connectivity index (χ2n) is 5.13. The van der Waals surface area contributed by atoms with Crippen LogP contribution in [0.4, 0.5) is 11.4 Å². The fraction of sp³-hybridized carbons (Fsp3) is 0.0556. The molecule has 0 atom stereocenters. The van der Waals surface area contributed by atoms with Crippen molar-refractivity contribution in [2.45, 2.75) is 6.54 Å². The average Bonchev–Trinajstić information content (AvgIpc) is 3.11. The summed E-state index contributed by atoms with van der Waals surface area (Å²) in [6, 6.07) is 16.9. The molecule has 0 radical (unpaired) electrons. The third kappa shape index (κ3) is 3.41. The third-order valence-electron chi connectivity index (χ3n) is 3.56. The molecule has 4 nitrogen and oxygen atoms in total. The lowest BCUT2D eigenvalue weighted by atomic mass is 10.1. The lowest BCUT2D eigenvalue weighted by molar-refractivity contribution is 0.102. The number of amides is 1. The lowest BCUT2D eigenvalue weighted by Gasteiger charge is -2.10. The summed E-state index contributed by atoms with van der Waals surface area (Å²) < 4.78 is 0. The van der Waals surface area contributed by atoms with E-state index in [2.05, 4.69) is 5.32 Å². The Hall–Kier alpha value is -2.63. The second kappa shape index (κ2) is 6.64. The molecule has 23 heavy (non-hydrogen) atoms. The Balaban J connectivity index is 1.83. The number of hydrogen-bond donors (Lipinski definition) is 3. The first-order chi connectivity index (χ1) is 11.2. The van der Waals surface area contributed by atoms with E-state index in [1.807, 2.05) is 47.8 Å². The third-order valence-corrected chi connectivity index (χ3v) is 4.48. The van der Waals surface area contributed by atoms with Gasteiger partial charge in [0.2, 0.25) is 0 Å². The number of nitrogens with one attached hydrogen (secondary N) is 1. The molecule has 0 aliphatic rings. The molecular formula is C18H17N3OS. The Bertz CT molecular complexity index is 811. The average molecular weight is 323 g/mol. The minimum absolute atomic E-state index is 0.191. The van der Waals surface area contributed by atoms with Crippen LogP contribution in [0.25, 0.3) is 10.4 Å². The van der Waals surface area contributed by atoms with Gasteiger partial charge in [0, 0.05) is 17.0 Å². The summed E-state index contributed by atoms with van der Waals surface area (Å²) in [4.78, 5) is 13.5. The summed E-state index contributed by atoms with van der Waals surface area (Å²) in [5.41, 5.74) is 15.3. The van der Waals surface area contributed by atoms with Crippen LogP contribution in [0.5, 0.6) is 0 Å². The van der Waals surface area contributed by atoms with Crippen LogP contribution in [-0.2, 0) is 6.54 Å². The van der Waals surface area contributed by atoms with E-state index in [0.717, 1.165) is 16.0 Å². The van der Waals surface area contributed by atoms with Crippen molar-refractivity contribution in [1.29, 1.82) is 0 Å². The van der Waals surface area contributed by atoms with Gasteiger partial charge in [0.15, 0.2) is 0 Å². The summed E-state index contributed by atoms with van der Waals surface area (Å²) in [6.45, 7) is 0.456. The number of anilines is 2. The van der Waals surface area contributed by atoms with Crippen LogP contribution in [-0.4, -0.2) is 5.91 Å². The van der Waals surface area contributed by atoms with Crippen molar-refractivity contribution >= 4 is 28.6 Å². The molecule has 0 unspecified atom stereocenters. The SMILES string of the molecule is NCc1ccc(C(=O)Nc2cc(-c3cccs3)ccc2N)cc1. The molecule has 3 rings (SSSR count). The van der Waals surface area contributed by atoms with Crippen molar-refractivity contribution < 1.29 is 4.79 Å². The highest BCUT2D eigenvalue weighted by Gasteiger charge is 2.10. The van der Waals surface area contributed by atoms with E-state index in [9.17, 15) is 4.79 Å². The van der Waals surface area contributed by atoms with E-state index in [-0.39, 0.29) is 5.91 Å². The van der Waals surface area contributed by atoms with Crippen LogP contribution in [0.2, 0.25) is 0 Å². The molecule has 1 heterocycles. The Morgan fingerprint density at radius 3 is 2.52 bits per heavy atom. The van der Waals surface area contributed by atoms with Crippen LogP contribution >= 0.6 is 11.3 Å². The highest BCUT2D eigenvalue weighted by molar-refractivity contribution is 7.13. The summed E-state index contributed by atoms with van der Waals surface area (Å²) in [7, 11) is 0. The minimum atomic E-state index is -0.191. The predicted octanol–water partition coefficient (Wildman–Crippen LogP) is 3.71. The van der Waals surface area contributed by atoms with Gasteiger partial charge in [0.05, 0.1) is 11.4 Å². The molecule has 0 saturated heterocycles. The van der Waals surface area contributed by atoms with Crippen LogP contribution in [0.1, 0.15) is 15.9 Å². The van der Waals surface area contributed by atoms with Gasteiger partial charge >= 0.3 is 0 Å². The lowest BCUT2D eigenvalue weighted by Crippen LogP contribution is -2.13. The van der Waals surface area contributed by atoms with Crippen molar-refractivity contribution in [3.63, 3.8) is 0 Å². The van der Waals surface area contributed by atoms with Gasteiger partial charge in [-0.05, 0) is 46.8 Å². The maximum absolute atomic E-state index is 12.4. The van der Waals surface area contributed by atoms with E-state index >= 15 is 0 Å². The predicted molar refractivity (Wildman–Crippen MR) is 96.5 cm³/mol. The summed E-state index contributed by atoms with van der Waals surface area (Å²) >= 11 is 1.64. The smallest absolute Gasteiger partial charge is 0.255 e. The van der Waals surface area contributed by atoms with Crippen molar-refractivity contribution in [2.24, 2.45) is 5.73 Å². The molecule has 5 heteroatoms. The zero-order valence-corrected chi connectivity index (χ0v) is 13.3. The molecule has 0 aliphatic carbocycles. The Kier molecular flexibility index (Phi) is 4.41. The number of nitrogen functional groups attached to an aromatic ring is 1. The van der Waals surface area contributed by atoms with Crippen LogP contribution < -0.4 is 16.8 Å². The van der Waals surface area contributed by atoms with Gasteiger partial charge in [-0.3, -0.25) is 4.79 Å². The fourth-order valence-electron chi connectivity index (χ4n) is 2.25. The number of thiophene rings is 1. The Morgan fingerprint density at radius 1 is 1.09 bits per heavy atom. The zero-order chi connectivity index (χ0) is 16.2. The molecule has 0 bridgehead atoms. The quantitative estimate of drug-likeness (QED) is 0.640. The van der Waals surface area contributed by atoms with Crippen molar-refractivity contribution in [1.82, 2.24) is 0 Å². The standard InChI is InChI=1S/C18H17N3OS/c19-11-12-3-5-13(6-4-12)18(22)21-16-10-14(7-8-15(16)20)17-2-1-9-23-17/h1-10H,11,19-20H2,(H,21,22). The Morgan fingerprint density at radius 2 is 1.87 bits per heavy atom. The van der Waals surface area contributed by atoms with Gasteiger partial charge in [0.1, 0.15) is 0 Å². The van der Waals surface area contributed by atoms with E-state index in [4.69, 9.17) is 11.5 Å². The normalized spacial score (nSPS) is 10.5. The number of carbonyl (C=O) groups is 1. The summed E-state index contributed by atoms with van der Waals surface area (Å²) in [5, 5.41) is 4.89. The first-order valence-corrected chi connectivity index (χ1v) is 8.09. The molecule has 5 N–H and O–H groups in total. The van der Waals surface area contributed by atoms with Crippen LogP contribution in [0.15, 0.2) is 60.0 Å². The summed E-state index contributed by atoms with van der Waals surface area (Å²) in [5.74, 6) is -0.191. The number of rotatable bonds is 4. The number of hydrogen-bond acceptors (Lipinski definition) is 4. The fourth-order valence-corrected chi connectivity index (χ4v) is 2.97. The molecule has 1 amide bonds. The highest BCUT2D eigenvalue weighted by atomic mass is 32.1. The van der Waals surface area contributed by atoms with Crippen LogP contribution in [0, 0.1) is 0 Å². The van der Waals surface area contributed by atoms with Gasteiger partial charge in [0.25, 0.3) is 5.91 Å². The molecular weight excluding hydrogens is 306 g/mol. The molecule has 0 spiro atoms. The maximum atomic E-state index is 12.4.